The zero-order valence-electron chi connectivity index (χ0n) is 11.5. The van der Waals surface area contributed by atoms with Gasteiger partial charge in [0.15, 0.2) is 0 Å². The summed E-state index contributed by atoms with van der Waals surface area (Å²) in [5, 5.41) is 5.12. The molecule has 1 heterocycles. The average Bonchev–Trinajstić information content (AvgIpc) is 2.82. The van der Waals surface area contributed by atoms with E-state index in [2.05, 4.69) is 33.0 Å². The van der Waals surface area contributed by atoms with Crippen LogP contribution in [0, 0.1) is 19.8 Å². The Kier molecular flexibility index (Phi) is 3.88. The molecule has 2 atom stereocenters. The number of hydrogen-bond donors (Lipinski definition) is 1. The maximum atomic E-state index is 4.82. The van der Waals surface area contributed by atoms with E-state index in [1.165, 1.54) is 41.3 Å². The molecule has 0 aliphatic heterocycles. The SMILES string of the molecule is CCCNC1(c2nc(C)c(C)s2)CCCC1C. The number of aryl methyl sites for hydroxylation is 2. The van der Waals surface area contributed by atoms with Crippen molar-refractivity contribution in [1.29, 1.82) is 0 Å². The first-order valence-corrected chi connectivity index (χ1v) is 7.61. The summed E-state index contributed by atoms with van der Waals surface area (Å²) in [6, 6.07) is 0. The van der Waals surface area contributed by atoms with Crippen molar-refractivity contribution in [2.24, 2.45) is 5.92 Å². The van der Waals surface area contributed by atoms with Crippen LogP contribution in [0.1, 0.15) is 55.1 Å². The Morgan fingerprint density at radius 2 is 2.24 bits per heavy atom. The van der Waals surface area contributed by atoms with Gasteiger partial charge in [-0.05, 0) is 45.6 Å². The Bertz CT molecular complexity index is 366. The van der Waals surface area contributed by atoms with E-state index in [0.29, 0.717) is 5.92 Å². The van der Waals surface area contributed by atoms with Crippen LogP contribution >= 0.6 is 11.3 Å². The van der Waals surface area contributed by atoms with Gasteiger partial charge in [0, 0.05) is 4.88 Å². The second-order valence-corrected chi connectivity index (χ2v) is 6.56. The highest BCUT2D eigenvalue weighted by molar-refractivity contribution is 7.11. The van der Waals surface area contributed by atoms with Gasteiger partial charge in [-0.15, -0.1) is 11.3 Å². The highest BCUT2D eigenvalue weighted by Gasteiger charge is 2.43. The summed E-state index contributed by atoms with van der Waals surface area (Å²) in [5.74, 6) is 0.707. The van der Waals surface area contributed by atoms with E-state index in [1.54, 1.807) is 0 Å². The summed E-state index contributed by atoms with van der Waals surface area (Å²) in [5.41, 5.74) is 1.38. The smallest absolute Gasteiger partial charge is 0.114 e. The van der Waals surface area contributed by atoms with Crippen molar-refractivity contribution in [3.63, 3.8) is 0 Å². The van der Waals surface area contributed by atoms with Crippen molar-refractivity contribution in [3.05, 3.63) is 15.6 Å². The minimum absolute atomic E-state index is 0.166. The summed E-state index contributed by atoms with van der Waals surface area (Å²) in [6.45, 7) is 10.0. The molecule has 1 aromatic rings. The number of rotatable bonds is 4. The fraction of sp³-hybridized carbons (Fsp3) is 0.786. The fourth-order valence-corrected chi connectivity index (χ4v) is 4.07. The average molecular weight is 252 g/mol. The molecule has 2 unspecified atom stereocenters. The molecular weight excluding hydrogens is 228 g/mol. The van der Waals surface area contributed by atoms with Crippen molar-refractivity contribution in [2.75, 3.05) is 6.54 Å². The zero-order chi connectivity index (χ0) is 12.5. The minimum Gasteiger partial charge on any atom is -0.305 e. The van der Waals surface area contributed by atoms with E-state index in [1.807, 2.05) is 11.3 Å². The van der Waals surface area contributed by atoms with E-state index in [4.69, 9.17) is 4.98 Å². The van der Waals surface area contributed by atoms with Crippen molar-refractivity contribution >= 4 is 11.3 Å². The first-order valence-electron chi connectivity index (χ1n) is 6.79. The fourth-order valence-electron chi connectivity index (χ4n) is 2.85. The van der Waals surface area contributed by atoms with Gasteiger partial charge in [-0.1, -0.05) is 20.3 Å². The van der Waals surface area contributed by atoms with Gasteiger partial charge >= 0.3 is 0 Å². The topological polar surface area (TPSA) is 24.9 Å². The van der Waals surface area contributed by atoms with Crippen LogP contribution in [0.15, 0.2) is 0 Å². The predicted octanol–water partition coefficient (Wildman–Crippen LogP) is 3.77. The summed E-state index contributed by atoms with van der Waals surface area (Å²) in [4.78, 5) is 6.20. The van der Waals surface area contributed by atoms with Gasteiger partial charge in [-0.25, -0.2) is 4.98 Å². The second-order valence-electron chi connectivity index (χ2n) is 5.35. The van der Waals surface area contributed by atoms with Gasteiger partial charge in [0.1, 0.15) is 5.01 Å². The minimum atomic E-state index is 0.166. The van der Waals surface area contributed by atoms with E-state index in [-0.39, 0.29) is 5.54 Å². The molecule has 0 spiro atoms. The standard InChI is InChI=1S/C14H24N2S/c1-5-9-15-14(8-6-7-10(14)2)13-16-11(3)12(4)17-13/h10,15H,5-9H2,1-4H3. The maximum Gasteiger partial charge on any atom is 0.114 e. The highest BCUT2D eigenvalue weighted by atomic mass is 32.1. The van der Waals surface area contributed by atoms with Crippen LogP contribution in [0.3, 0.4) is 0 Å². The Morgan fingerprint density at radius 3 is 2.71 bits per heavy atom. The van der Waals surface area contributed by atoms with Gasteiger partial charge in [-0.2, -0.15) is 0 Å². The number of thiazole rings is 1. The zero-order valence-corrected chi connectivity index (χ0v) is 12.3. The molecule has 3 heteroatoms. The molecule has 96 valence electrons. The lowest BCUT2D eigenvalue weighted by Crippen LogP contribution is -2.44. The summed E-state index contributed by atoms with van der Waals surface area (Å²) < 4.78 is 0. The van der Waals surface area contributed by atoms with Crippen molar-refractivity contribution in [3.8, 4) is 0 Å². The first-order chi connectivity index (χ1) is 8.10. The second kappa shape index (κ2) is 5.07. The van der Waals surface area contributed by atoms with E-state index < -0.39 is 0 Å². The normalized spacial score (nSPS) is 28.8. The van der Waals surface area contributed by atoms with Crippen molar-refractivity contribution < 1.29 is 0 Å². The molecule has 1 saturated carbocycles. The molecule has 1 fully saturated rings. The molecule has 0 radical (unpaired) electrons. The number of aromatic nitrogens is 1. The third-order valence-corrected chi connectivity index (χ3v) is 5.40. The molecule has 1 aliphatic carbocycles. The lowest BCUT2D eigenvalue weighted by molar-refractivity contribution is 0.262. The number of nitrogens with zero attached hydrogens (tertiary/aromatic N) is 1. The van der Waals surface area contributed by atoms with Crippen molar-refractivity contribution in [1.82, 2.24) is 10.3 Å². The lowest BCUT2D eigenvalue weighted by Gasteiger charge is -2.33. The molecule has 0 amide bonds. The lowest BCUT2D eigenvalue weighted by atomic mass is 9.88. The van der Waals surface area contributed by atoms with Gasteiger partial charge in [0.2, 0.25) is 0 Å². The predicted molar refractivity (Wildman–Crippen MR) is 74.6 cm³/mol. The van der Waals surface area contributed by atoms with E-state index in [9.17, 15) is 0 Å². The largest absolute Gasteiger partial charge is 0.305 e. The Hall–Kier alpha value is -0.410. The summed E-state index contributed by atoms with van der Waals surface area (Å²) in [6.07, 6.45) is 5.10. The van der Waals surface area contributed by atoms with Crippen LogP contribution in [0.2, 0.25) is 0 Å². The molecular formula is C14H24N2S. The van der Waals surface area contributed by atoms with Crippen LogP contribution in [0.25, 0.3) is 0 Å². The molecule has 1 aliphatic rings. The molecule has 1 aromatic heterocycles. The maximum absolute atomic E-state index is 4.82. The molecule has 0 aromatic carbocycles. The quantitative estimate of drug-likeness (QED) is 0.882. The summed E-state index contributed by atoms with van der Waals surface area (Å²) >= 11 is 1.89. The third-order valence-electron chi connectivity index (χ3n) is 4.15. The van der Waals surface area contributed by atoms with Crippen LogP contribution in [0.4, 0.5) is 0 Å². The van der Waals surface area contributed by atoms with E-state index in [0.717, 1.165) is 6.54 Å². The van der Waals surface area contributed by atoms with Crippen molar-refractivity contribution in [2.45, 2.75) is 58.9 Å². The van der Waals surface area contributed by atoms with E-state index >= 15 is 0 Å². The molecule has 17 heavy (non-hydrogen) atoms. The van der Waals surface area contributed by atoms with Crippen LogP contribution in [0.5, 0.6) is 0 Å². The summed E-state index contributed by atoms with van der Waals surface area (Å²) in [7, 11) is 0. The third kappa shape index (κ3) is 2.27. The molecule has 0 bridgehead atoms. The van der Waals surface area contributed by atoms with Crippen LogP contribution in [-0.2, 0) is 5.54 Å². The molecule has 2 rings (SSSR count). The van der Waals surface area contributed by atoms with Gasteiger partial charge in [0.05, 0.1) is 11.2 Å². The number of hydrogen-bond acceptors (Lipinski definition) is 3. The van der Waals surface area contributed by atoms with Gasteiger partial charge < -0.3 is 5.32 Å². The van der Waals surface area contributed by atoms with Gasteiger partial charge in [0.25, 0.3) is 0 Å². The van der Waals surface area contributed by atoms with Crippen LogP contribution in [-0.4, -0.2) is 11.5 Å². The molecule has 0 saturated heterocycles. The Balaban J connectivity index is 2.32. The highest BCUT2D eigenvalue weighted by Crippen LogP contribution is 2.45. The number of nitrogens with one attached hydrogen (secondary N) is 1. The molecule has 1 N–H and O–H groups in total. The van der Waals surface area contributed by atoms with Gasteiger partial charge in [-0.3, -0.25) is 0 Å². The van der Waals surface area contributed by atoms with Crippen LogP contribution < -0.4 is 5.32 Å². The Morgan fingerprint density at radius 1 is 1.47 bits per heavy atom. The molecule has 2 nitrogen and oxygen atoms in total. The first kappa shape index (κ1) is 13.0. The monoisotopic (exact) mass is 252 g/mol. The Labute approximate surface area is 109 Å².